The molecule has 0 aliphatic rings. The second kappa shape index (κ2) is 29.5. The highest BCUT2D eigenvalue weighted by atomic mass is 16.5. The van der Waals surface area contributed by atoms with Gasteiger partial charge in [-0.15, -0.1) is 0 Å². The average Bonchev–Trinajstić information content (AvgIpc) is 3.28. The molecule has 1 unspecified atom stereocenters. The third-order valence-corrected chi connectivity index (χ3v) is 13.7. The van der Waals surface area contributed by atoms with Crippen LogP contribution in [-0.4, -0.2) is 189 Å². The van der Waals surface area contributed by atoms with Crippen molar-refractivity contribution in [3.05, 3.63) is 12.2 Å². The second-order valence-corrected chi connectivity index (χ2v) is 20.3. The van der Waals surface area contributed by atoms with E-state index in [0.717, 1.165) is 13.1 Å². The van der Waals surface area contributed by atoms with E-state index in [4.69, 9.17) is 9.47 Å². The highest BCUT2D eigenvalue weighted by Crippen LogP contribution is 2.34. The number of imide groups is 1. The first kappa shape index (κ1) is 64.4. The topological polar surface area (TPSA) is 219 Å². The molecule has 0 aromatic heterocycles. The molecule has 0 spiro atoms. The van der Waals surface area contributed by atoms with Crippen molar-refractivity contribution in [2.75, 3.05) is 75.2 Å². The molecule has 4 N–H and O–H groups in total. The summed E-state index contributed by atoms with van der Waals surface area (Å²) in [4.78, 5) is 119. The number of methoxy groups -OCH3 is 1. The van der Waals surface area contributed by atoms with Crippen molar-refractivity contribution in [2.45, 2.75) is 164 Å². The van der Waals surface area contributed by atoms with Gasteiger partial charge in [-0.2, -0.15) is 0 Å². The van der Waals surface area contributed by atoms with Crippen LogP contribution in [0.4, 0.5) is 4.79 Å². The number of rotatable bonds is 30. The van der Waals surface area contributed by atoms with Gasteiger partial charge in [0.1, 0.15) is 36.3 Å². The average molecular weight is 980 g/mol. The number of ether oxygens (including phenoxy) is 2. The maximum Gasteiger partial charge on any atom is 0.322 e. The molecule has 19 heteroatoms. The molecule has 0 aliphatic heterocycles. The predicted octanol–water partition coefficient (Wildman–Crippen LogP) is 3.65. The molecule has 0 aromatic rings. The summed E-state index contributed by atoms with van der Waals surface area (Å²) in [5.41, 5.74) is -1.39. The first-order valence-electron chi connectivity index (χ1n) is 24.5. The fourth-order valence-corrected chi connectivity index (χ4v) is 7.78. The van der Waals surface area contributed by atoms with Crippen LogP contribution in [0.25, 0.3) is 0 Å². The molecule has 0 aliphatic carbocycles. The van der Waals surface area contributed by atoms with Gasteiger partial charge >= 0.3 is 6.03 Å². The Morgan fingerprint density at radius 3 is 1.71 bits per heavy atom. The fraction of sp³-hybridized carbons (Fsp3) is 0.800. The van der Waals surface area contributed by atoms with E-state index in [2.05, 4.69) is 32.7 Å². The van der Waals surface area contributed by atoms with E-state index in [-0.39, 0.29) is 43.1 Å². The maximum absolute atomic E-state index is 15.0. The Morgan fingerprint density at radius 1 is 0.696 bits per heavy atom. The van der Waals surface area contributed by atoms with Crippen LogP contribution in [0.3, 0.4) is 0 Å². The third-order valence-electron chi connectivity index (χ3n) is 13.7. The normalized spacial score (nSPS) is 14.9. The van der Waals surface area contributed by atoms with E-state index >= 15 is 0 Å². The van der Waals surface area contributed by atoms with Gasteiger partial charge in [0.25, 0.3) is 5.91 Å². The highest BCUT2D eigenvalue weighted by Gasteiger charge is 2.46. The molecule has 0 radical (unpaired) electrons. The van der Waals surface area contributed by atoms with E-state index in [0.29, 0.717) is 31.6 Å². The van der Waals surface area contributed by atoms with Crippen LogP contribution in [0.5, 0.6) is 0 Å². The number of amides is 9. The molecule has 398 valence electrons. The molecule has 0 heterocycles. The first-order chi connectivity index (χ1) is 31.8. The van der Waals surface area contributed by atoms with Gasteiger partial charge in [-0.05, 0) is 70.9 Å². The lowest BCUT2D eigenvalue weighted by atomic mass is 9.73. The minimum absolute atomic E-state index is 0.0145. The largest absolute Gasteiger partial charge is 0.379 e. The first-order valence-corrected chi connectivity index (χ1v) is 24.5. The van der Waals surface area contributed by atoms with Crippen molar-refractivity contribution >= 4 is 47.4 Å². The van der Waals surface area contributed by atoms with Gasteiger partial charge in [-0.25, -0.2) is 4.79 Å². The Morgan fingerprint density at radius 2 is 1.25 bits per heavy atom. The Bertz CT molecular complexity index is 1730. The second-order valence-electron chi connectivity index (χ2n) is 20.3. The molecule has 0 rings (SSSR count). The number of carbonyl (C=O) groups excluding carboxylic acids is 8. The van der Waals surface area contributed by atoms with E-state index in [9.17, 15) is 38.4 Å². The van der Waals surface area contributed by atoms with Crippen LogP contribution < -0.4 is 21.3 Å². The van der Waals surface area contributed by atoms with Crippen molar-refractivity contribution in [3.63, 3.8) is 0 Å². The van der Waals surface area contributed by atoms with Crippen LogP contribution in [0, 0.1) is 23.2 Å². The van der Waals surface area contributed by atoms with Crippen molar-refractivity contribution in [1.82, 2.24) is 45.8 Å². The summed E-state index contributed by atoms with van der Waals surface area (Å²) in [7, 11) is 8.87. The monoisotopic (exact) mass is 980 g/mol. The van der Waals surface area contributed by atoms with Crippen molar-refractivity contribution in [3.8, 4) is 0 Å². The van der Waals surface area contributed by atoms with E-state index in [1.54, 1.807) is 48.6 Å². The van der Waals surface area contributed by atoms with Crippen molar-refractivity contribution < 1.29 is 47.8 Å². The SMILES string of the molecule is C=C(C)C(C)[C@@H](NC(=O)[C@H](CC(C)(C)OC)N(C)C(=O)[C@@H](COCCN(CC)CC)N(C)C(=O)CCC)C(=O)N(C)[C@@H](C(=O)NC(=O)N[C@@H](C)C(=O)N(C)[C@@H](CC(C)C)C(=O)NC)C(C)(C)C(C)C. The number of likely N-dealkylation sites (N-methyl/N-ethyl adjacent to an activating group) is 6. The summed E-state index contributed by atoms with van der Waals surface area (Å²) < 4.78 is 11.8. The molecule has 69 heavy (non-hydrogen) atoms. The molecule has 0 aromatic carbocycles. The molecular formula is C50H93N9O10. The van der Waals surface area contributed by atoms with E-state index < -0.39 is 88.8 Å². The third kappa shape index (κ3) is 19.2. The van der Waals surface area contributed by atoms with Crippen molar-refractivity contribution in [1.29, 1.82) is 0 Å². The van der Waals surface area contributed by atoms with E-state index in [1.807, 2.05) is 48.5 Å². The summed E-state index contributed by atoms with van der Waals surface area (Å²) in [5.74, 6) is -4.79. The van der Waals surface area contributed by atoms with Gasteiger partial charge in [-0.1, -0.05) is 81.4 Å². The van der Waals surface area contributed by atoms with Crippen LogP contribution in [0.15, 0.2) is 12.2 Å². The number of nitrogens with zero attached hydrogens (tertiary/aromatic N) is 5. The van der Waals surface area contributed by atoms with Crippen LogP contribution in [0.1, 0.15) is 123 Å². The Kier molecular flexibility index (Phi) is 27.6. The lowest BCUT2D eigenvalue weighted by Crippen LogP contribution is -2.64. The van der Waals surface area contributed by atoms with Gasteiger partial charge in [-0.3, -0.25) is 38.9 Å². The zero-order chi connectivity index (χ0) is 53.9. The lowest BCUT2D eigenvalue weighted by molar-refractivity contribution is -0.152. The maximum atomic E-state index is 15.0. The van der Waals surface area contributed by atoms with Gasteiger partial charge in [0, 0.05) is 67.7 Å². The quantitative estimate of drug-likeness (QED) is 0.0602. The van der Waals surface area contributed by atoms with Gasteiger partial charge in [0.2, 0.25) is 35.4 Å². The van der Waals surface area contributed by atoms with Gasteiger partial charge in [0.15, 0.2) is 0 Å². The highest BCUT2D eigenvalue weighted by molar-refractivity contribution is 6.01. The Labute approximate surface area is 414 Å². The van der Waals surface area contributed by atoms with Crippen LogP contribution in [-0.2, 0) is 43.0 Å². The number of hydrogen-bond acceptors (Lipinski definition) is 11. The summed E-state index contributed by atoms with van der Waals surface area (Å²) in [6.45, 7) is 32.0. The number of nitrogens with one attached hydrogen (secondary N) is 4. The summed E-state index contributed by atoms with van der Waals surface area (Å²) >= 11 is 0. The smallest absolute Gasteiger partial charge is 0.322 e. The predicted molar refractivity (Wildman–Crippen MR) is 270 cm³/mol. The number of hydrogen-bond donors (Lipinski definition) is 4. The van der Waals surface area contributed by atoms with E-state index in [1.165, 1.54) is 61.8 Å². The number of urea groups is 1. The summed E-state index contributed by atoms with van der Waals surface area (Å²) in [6, 6.07) is -7.85. The van der Waals surface area contributed by atoms with Crippen LogP contribution in [0.2, 0.25) is 0 Å². The number of carbonyl (C=O) groups is 8. The molecule has 9 amide bonds. The Balaban J connectivity index is 7.10. The zero-order valence-corrected chi connectivity index (χ0v) is 46.1. The molecule has 0 bridgehead atoms. The molecule has 7 atom stereocenters. The summed E-state index contributed by atoms with van der Waals surface area (Å²) in [6.07, 6.45) is 1.12. The van der Waals surface area contributed by atoms with Crippen LogP contribution >= 0.6 is 0 Å². The fourth-order valence-electron chi connectivity index (χ4n) is 7.78. The minimum Gasteiger partial charge on any atom is -0.379 e. The molecule has 0 fully saturated rings. The molecule has 0 saturated heterocycles. The molecule has 19 nitrogen and oxygen atoms in total. The van der Waals surface area contributed by atoms with Gasteiger partial charge in [0.05, 0.1) is 18.8 Å². The molecule has 0 saturated carbocycles. The van der Waals surface area contributed by atoms with Crippen molar-refractivity contribution in [2.24, 2.45) is 23.2 Å². The minimum atomic E-state index is -1.32. The summed E-state index contributed by atoms with van der Waals surface area (Å²) in [5, 5.41) is 10.3. The standard InChI is InChI=1S/C50H93N9O10/c1-22-25-39(60)55(17)38(30-69-27-26-59(23-2)24-3)46(65)57(19)37(29-49(12,13)68-21)43(62)53-40(34(10)32(6)7)47(66)58(20)41(50(14,15)33(8)9)44(63)54-48(67)52-35(11)45(64)56(18)36(28-31(4)5)42(61)51-16/h31,33-38,40-41H,6,22-30H2,1-5,7-21H3,(H,51,61)(H,53,62)(H2,52,54,63,67)/t34?,35-,36-,37-,38+,40+,41-/m0/s1. The molecular weight excluding hydrogens is 887 g/mol. The Hall–Kier alpha value is -4.62. The van der Waals surface area contributed by atoms with Gasteiger partial charge < -0.3 is 49.9 Å². The lowest BCUT2D eigenvalue weighted by Gasteiger charge is -2.43. The zero-order valence-electron chi connectivity index (χ0n) is 46.1.